The fourth-order valence-electron chi connectivity index (χ4n) is 0. The largest absolute Gasteiger partial charge is 1.00 e. The summed E-state index contributed by atoms with van der Waals surface area (Å²) in [6, 6.07) is 0. The molecule has 0 aromatic rings. The third-order valence-corrected chi connectivity index (χ3v) is 0.343. The Balaban J connectivity index is -0.0000000383. The molecule has 54 valence electrons. The summed E-state index contributed by atoms with van der Waals surface area (Å²) in [6.07, 6.45) is -2.33. The number of carbonyl (C=O) groups excluding carboxylic acids is 1. The summed E-state index contributed by atoms with van der Waals surface area (Å²) in [7, 11) is 0. The Bertz CT molecular complexity index is 104. The van der Waals surface area contributed by atoms with Crippen LogP contribution in [-0.4, -0.2) is 23.1 Å². The fourth-order valence-corrected chi connectivity index (χ4v) is 0. The Hall–Kier alpha value is 1.03. The van der Waals surface area contributed by atoms with E-state index in [2.05, 4.69) is 0 Å². The van der Waals surface area contributed by atoms with E-state index >= 15 is 0 Å². The van der Waals surface area contributed by atoms with Crippen molar-refractivity contribution in [2.45, 2.75) is 0 Å². The Morgan fingerprint density at radius 2 is 1.36 bits per heavy atom. The van der Waals surface area contributed by atoms with Crippen molar-refractivity contribution in [1.29, 1.82) is 0 Å². The molecule has 0 bridgehead atoms. The molecule has 0 saturated heterocycles. The molecule has 0 aliphatic carbocycles. The molecule has 0 fully saturated rings. The summed E-state index contributed by atoms with van der Waals surface area (Å²) in [5.74, 6) is -1.29. The molecule has 0 heterocycles. The van der Waals surface area contributed by atoms with E-state index in [-0.39, 0.29) is 65.0 Å². The van der Waals surface area contributed by atoms with Crippen LogP contribution in [-0.2, 0) is 4.79 Å². The van der Waals surface area contributed by atoms with Crippen molar-refractivity contribution in [2.75, 3.05) is 5.88 Å². The van der Waals surface area contributed by atoms with Crippen molar-refractivity contribution in [3.63, 3.8) is 0 Å². The van der Waals surface area contributed by atoms with Gasteiger partial charge in [0.15, 0.2) is 0 Å². The molecular weight excluding hydrogens is 197 g/mol. The van der Waals surface area contributed by atoms with Crippen LogP contribution in [0.4, 0.5) is 4.79 Å². The van der Waals surface area contributed by atoms with Crippen molar-refractivity contribution < 1.29 is 84.0 Å². The molecule has 0 radical (unpaired) electrons. The topological polar surface area (TPSA) is 100 Å². The number of halogens is 1. The average molecular weight is 200 g/mol. The van der Waals surface area contributed by atoms with E-state index in [1.807, 2.05) is 0 Å². The molecule has 5 nitrogen and oxygen atoms in total. The first kappa shape index (κ1) is 22.7. The molecule has 0 spiro atoms. The maximum Gasteiger partial charge on any atom is 1.00 e. The molecule has 1 N–H and O–H groups in total. The molecule has 0 atom stereocenters. The van der Waals surface area contributed by atoms with E-state index in [4.69, 9.17) is 31.7 Å². The van der Waals surface area contributed by atoms with E-state index in [9.17, 15) is 4.79 Å². The van der Waals surface area contributed by atoms with Gasteiger partial charge in [0.2, 0.25) is 0 Å². The second kappa shape index (κ2) is 17.2. The van der Waals surface area contributed by atoms with Crippen LogP contribution in [0.3, 0.4) is 0 Å². The number of carboxylic acid groups (broad SMARTS) is 3. The summed E-state index contributed by atoms with van der Waals surface area (Å²) in [5, 5.41) is 24.3. The van der Waals surface area contributed by atoms with Crippen LogP contribution in [0.15, 0.2) is 0 Å². The molecule has 0 aromatic carbocycles. The van der Waals surface area contributed by atoms with E-state index < -0.39 is 12.1 Å². The molecule has 0 amide bonds. The zero-order valence-corrected chi connectivity index (χ0v) is 10.9. The van der Waals surface area contributed by atoms with Crippen molar-refractivity contribution in [3.8, 4) is 0 Å². The minimum absolute atomic E-state index is 0. The van der Waals surface area contributed by atoms with Crippen LogP contribution in [0, 0.1) is 0 Å². The molecule has 11 heavy (non-hydrogen) atoms. The normalized spacial score (nSPS) is 5.55. The Morgan fingerprint density at radius 3 is 1.36 bits per heavy atom. The number of rotatable bonds is 1. The summed E-state index contributed by atoms with van der Waals surface area (Å²) in [6.45, 7) is 0. The van der Waals surface area contributed by atoms with Crippen molar-refractivity contribution in [3.05, 3.63) is 0 Å². The summed E-state index contributed by atoms with van der Waals surface area (Å²) >= 11 is 4.74. The van der Waals surface area contributed by atoms with Crippen molar-refractivity contribution >= 4 is 23.7 Å². The van der Waals surface area contributed by atoms with Crippen LogP contribution in [0.25, 0.3) is 0 Å². The predicted molar refractivity (Wildman–Crippen MR) is 23.8 cm³/mol. The van der Waals surface area contributed by atoms with Gasteiger partial charge < -0.3 is 20.1 Å². The van der Waals surface area contributed by atoms with Gasteiger partial charge in [-0.3, -0.25) is 4.79 Å². The minimum atomic E-state index is -2.33. The standard InChI is InChI=1S/C2H3ClO2.CH2O3.2Na/c3-1-2(4)5;2-1(3)4;;/h1H2,(H,4,5);(H2,2,3,4);;/q;;2*+1/p-2. The van der Waals surface area contributed by atoms with Gasteiger partial charge >= 0.3 is 65.1 Å². The van der Waals surface area contributed by atoms with Crippen LogP contribution in [0.5, 0.6) is 0 Å². The van der Waals surface area contributed by atoms with E-state index in [1.165, 1.54) is 0 Å². The maximum absolute atomic E-state index is 9.24. The van der Waals surface area contributed by atoms with Gasteiger partial charge in [0.05, 0.1) is 0 Å². The second-order valence-corrected chi connectivity index (χ2v) is 1.04. The van der Waals surface area contributed by atoms with Gasteiger partial charge in [0.1, 0.15) is 5.88 Å². The third kappa shape index (κ3) is 98.0. The molecule has 0 saturated carbocycles. The Kier molecular flexibility index (Phi) is 35.5. The zero-order chi connectivity index (χ0) is 7.86. The van der Waals surface area contributed by atoms with Gasteiger partial charge in [-0.15, -0.1) is 11.6 Å². The zero-order valence-electron chi connectivity index (χ0n) is 6.17. The van der Waals surface area contributed by atoms with Crippen molar-refractivity contribution in [1.82, 2.24) is 0 Å². The minimum Gasteiger partial charge on any atom is -0.652 e. The predicted octanol–water partition coefficient (Wildman–Crippen LogP) is -8.13. The first-order valence-corrected chi connectivity index (χ1v) is 2.20. The summed E-state index contributed by atoms with van der Waals surface area (Å²) < 4.78 is 0. The Morgan fingerprint density at radius 1 is 1.27 bits per heavy atom. The third-order valence-electron chi connectivity index (χ3n) is 0.114. The SMILES string of the molecule is O=C(O)CCl.O=C([O-])[O-].[Na+].[Na+]. The Labute approximate surface area is 112 Å². The molecule has 0 aliphatic rings. The van der Waals surface area contributed by atoms with Crippen LogP contribution < -0.4 is 69.3 Å². The van der Waals surface area contributed by atoms with Gasteiger partial charge in [-0.05, 0) is 6.16 Å². The summed E-state index contributed by atoms with van der Waals surface area (Å²) in [5.41, 5.74) is 0. The van der Waals surface area contributed by atoms with Crippen molar-refractivity contribution in [2.24, 2.45) is 0 Å². The monoisotopic (exact) mass is 200 g/mol. The smallest absolute Gasteiger partial charge is 0.652 e. The van der Waals surface area contributed by atoms with E-state index in [0.29, 0.717) is 0 Å². The van der Waals surface area contributed by atoms with E-state index in [1.54, 1.807) is 0 Å². The number of carbonyl (C=O) groups is 2. The molecule has 0 unspecified atom stereocenters. The number of hydrogen-bond acceptors (Lipinski definition) is 4. The molecule has 0 aliphatic heterocycles. The van der Waals surface area contributed by atoms with Gasteiger partial charge in [0.25, 0.3) is 0 Å². The van der Waals surface area contributed by atoms with Crippen LogP contribution in [0.1, 0.15) is 0 Å². The van der Waals surface area contributed by atoms with Gasteiger partial charge in [-0.25, -0.2) is 0 Å². The van der Waals surface area contributed by atoms with Gasteiger partial charge in [0, 0.05) is 0 Å². The van der Waals surface area contributed by atoms with Crippen LogP contribution in [0.2, 0.25) is 0 Å². The average Bonchev–Trinajstić information content (AvgIpc) is 1.65. The fraction of sp³-hybridized carbons (Fsp3) is 0.333. The molecular formula is C3H3ClNa2O5. The number of hydrogen-bond donors (Lipinski definition) is 1. The summed E-state index contributed by atoms with van der Waals surface area (Å²) in [4.78, 5) is 17.6. The number of carboxylic acids is 1. The first-order chi connectivity index (χ1) is 4.00. The molecule has 0 aromatic heterocycles. The maximum atomic E-state index is 9.24. The number of alkyl halides is 1. The first-order valence-electron chi connectivity index (χ1n) is 1.66. The molecule has 8 heteroatoms. The molecule has 0 rings (SSSR count). The van der Waals surface area contributed by atoms with Gasteiger partial charge in [-0.1, -0.05) is 0 Å². The quantitative estimate of drug-likeness (QED) is 0.335. The van der Waals surface area contributed by atoms with Gasteiger partial charge in [-0.2, -0.15) is 0 Å². The number of aliphatic carboxylic acids is 1. The second-order valence-electron chi connectivity index (χ2n) is 0.777. The van der Waals surface area contributed by atoms with Crippen LogP contribution >= 0.6 is 11.6 Å². The van der Waals surface area contributed by atoms with E-state index in [0.717, 1.165) is 0 Å².